The normalized spacial score (nSPS) is 17.4. The molecule has 0 bridgehead atoms. The standard InChI is InChI=1S/C12H26O4.C10H22O4/c1-5-6-14-11(3)8-16-12(4)9-15-10(2)7-13;1-8(5-11)13-7-10(3)14-6-9(2)12-4/h10-13H,5-9H2,1-4H3;8-11H,5-7H2,1-4H3. The smallest absolute Gasteiger partial charge is 0.0781 e. The highest BCUT2D eigenvalue weighted by Gasteiger charge is 2.09. The van der Waals surface area contributed by atoms with Crippen LogP contribution in [0.4, 0.5) is 0 Å². The second-order valence-electron chi connectivity index (χ2n) is 7.67. The van der Waals surface area contributed by atoms with Crippen molar-refractivity contribution in [1.29, 1.82) is 0 Å². The van der Waals surface area contributed by atoms with Crippen LogP contribution in [0.3, 0.4) is 0 Å². The van der Waals surface area contributed by atoms with Gasteiger partial charge in [0, 0.05) is 13.7 Å². The van der Waals surface area contributed by atoms with Crippen molar-refractivity contribution in [3.63, 3.8) is 0 Å². The molecule has 0 aromatic heterocycles. The summed E-state index contributed by atoms with van der Waals surface area (Å²) in [6, 6.07) is 0. The Balaban J connectivity index is 0. The third kappa shape index (κ3) is 22.4. The van der Waals surface area contributed by atoms with Gasteiger partial charge < -0.3 is 38.6 Å². The van der Waals surface area contributed by atoms with E-state index in [1.807, 2.05) is 41.5 Å². The van der Waals surface area contributed by atoms with E-state index in [0.717, 1.165) is 13.0 Å². The van der Waals surface area contributed by atoms with Crippen molar-refractivity contribution in [2.24, 2.45) is 0 Å². The average molecular weight is 441 g/mol. The summed E-state index contributed by atoms with van der Waals surface area (Å²) >= 11 is 0. The van der Waals surface area contributed by atoms with Crippen LogP contribution in [0.1, 0.15) is 54.9 Å². The molecule has 2 N–H and O–H groups in total. The van der Waals surface area contributed by atoms with Crippen LogP contribution < -0.4 is 0 Å². The van der Waals surface area contributed by atoms with Gasteiger partial charge in [0.25, 0.3) is 0 Å². The molecule has 6 unspecified atom stereocenters. The Kier molecular flexibility index (Phi) is 23.3. The molecule has 8 heteroatoms. The van der Waals surface area contributed by atoms with E-state index in [9.17, 15) is 0 Å². The maximum atomic E-state index is 8.78. The van der Waals surface area contributed by atoms with Gasteiger partial charge in [-0.2, -0.15) is 0 Å². The molecule has 6 atom stereocenters. The van der Waals surface area contributed by atoms with E-state index >= 15 is 0 Å². The first-order chi connectivity index (χ1) is 14.2. The van der Waals surface area contributed by atoms with Gasteiger partial charge in [-0.3, -0.25) is 0 Å². The monoisotopic (exact) mass is 440 g/mol. The van der Waals surface area contributed by atoms with Crippen molar-refractivity contribution in [3.8, 4) is 0 Å². The maximum Gasteiger partial charge on any atom is 0.0781 e. The molecular formula is C22H48O8. The molecule has 0 aromatic rings. The van der Waals surface area contributed by atoms with Crippen LogP contribution in [0.15, 0.2) is 0 Å². The van der Waals surface area contributed by atoms with Crippen LogP contribution in [0.5, 0.6) is 0 Å². The Labute approximate surface area is 184 Å². The highest BCUT2D eigenvalue weighted by atomic mass is 16.6. The molecule has 0 fully saturated rings. The Hall–Kier alpha value is -0.320. The van der Waals surface area contributed by atoms with Crippen LogP contribution in [0.25, 0.3) is 0 Å². The SMILES string of the molecule is CCCOC(C)COC(C)COC(C)CO.COC(C)COC(C)COC(C)CO. The van der Waals surface area contributed by atoms with E-state index in [0.29, 0.717) is 26.4 Å². The van der Waals surface area contributed by atoms with Gasteiger partial charge in [0.05, 0.1) is 76.3 Å². The summed E-state index contributed by atoms with van der Waals surface area (Å²) in [5, 5.41) is 17.5. The Bertz CT molecular complexity index is 331. The summed E-state index contributed by atoms with van der Waals surface area (Å²) in [6.07, 6.45) is 1.06. The number of ether oxygens (including phenoxy) is 6. The molecule has 0 rings (SSSR count). The fourth-order valence-electron chi connectivity index (χ4n) is 1.84. The minimum atomic E-state index is -0.125. The maximum absolute atomic E-state index is 8.78. The largest absolute Gasteiger partial charge is 0.394 e. The number of aliphatic hydroxyl groups is 2. The second kappa shape index (κ2) is 21.9. The van der Waals surface area contributed by atoms with E-state index < -0.39 is 0 Å². The van der Waals surface area contributed by atoms with Gasteiger partial charge in [0.1, 0.15) is 0 Å². The van der Waals surface area contributed by atoms with Crippen LogP contribution in [0.2, 0.25) is 0 Å². The summed E-state index contributed by atoms with van der Waals surface area (Å²) in [5.41, 5.74) is 0. The minimum Gasteiger partial charge on any atom is -0.394 e. The second-order valence-corrected chi connectivity index (χ2v) is 7.67. The highest BCUT2D eigenvalue weighted by molar-refractivity contribution is 4.55. The summed E-state index contributed by atoms with van der Waals surface area (Å²) in [5.74, 6) is 0. The Morgan fingerprint density at radius 3 is 1.20 bits per heavy atom. The van der Waals surface area contributed by atoms with E-state index in [4.69, 9.17) is 38.6 Å². The number of hydrogen-bond acceptors (Lipinski definition) is 8. The van der Waals surface area contributed by atoms with Crippen molar-refractivity contribution in [2.75, 3.05) is 53.4 Å². The van der Waals surface area contributed by atoms with E-state index in [1.54, 1.807) is 7.11 Å². The average Bonchev–Trinajstić information content (AvgIpc) is 2.76. The zero-order valence-electron chi connectivity index (χ0n) is 20.5. The summed E-state index contributed by atoms with van der Waals surface area (Å²) in [7, 11) is 1.66. The van der Waals surface area contributed by atoms with Gasteiger partial charge >= 0.3 is 0 Å². The summed E-state index contributed by atoms with van der Waals surface area (Å²) in [4.78, 5) is 0. The molecule has 0 aromatic carbocycles. The number of methoxy groups -OCH3 is 1. The molecule has 30 heavy (non-hydrogen) atoms. The molecule has 0 spiro atoms. The van der Waals surface area contributed by atoms with Gasteiger partial charge in [-0.1, -0.05) is 6.92 Å². The lowest BCUT2D eigenvalue weighted by Crippen LogP contribution is -2.26. The van der Waals surface area contributed by atoms with Crippen molar-refractivity contribution in [2.45, 2.75) is 91.5 Å². The van der Waals surface area contributed by atoms with E-state index in [-0.39, 0.29) is 49.8 Å². The molecule has 0 aliphatic carbocycles. The van der Waals surface area contributed by atoms with Crippen molar-refractivity contribution in [3.05, 3.63) is 0 Å². The van der Waals surface area contributed by atoms with Gasteiger partial charge in [0.15, 0.2) is 0 Å². The van der Waals surface area contributed by atoms with E-state index in [1.165, 1.54) is 0 Å². The topological polar surface area (TPSA) is 95.8 Å². The first-order valence-electron chi connectivity index (χ1n) is 11.0. The van der Waals surface area contributed by atoms with Gasteiger partial charge in [-0.05, 0) is 48.0 Å². The van der Waals surface area contributed by atoms with E-state index in [2.05, 4.69) is 6.92 Å². The molecule has 0 saturated heterocycles. The van der Waals surface area contributed by atoms with Crippen molar-refractivity contribution in [1.82, 2.24) is 0 Å². The summed E-state index contributed by atoms with van der Waals surface area (Å²) < 4.78 is 32.2. The zero-order chi connectivity index (χ0) is 23.4. The molecule has 0 saturated carbocycles. The quantitative estimate of drug-likeness (QED) is 0.336. The molecule has 0 heterocycles. The third-order valence-corrected chi connectivity index (χ3v) is 3.98. The zero-order valence-corrected chi connectivity index (χ0v) is 20.5. The van der Waals surface area contributed by atoms with Crippen LogP contribution in [-0.4, -0.2) is 100 Å². The molecule has 0 aliphatic heterocycles. The van der Waals surface area contributed by atoms with Crippen molar-refractivity contribution >= 4 is 0 Å². The fourth-order valence-corrected chi connectivity index (χ4v) is 1.84. The number of hydrogen-bond donors (Lipinski definition) is 2. The van der Waals surface area contributed by atoms with Crippen LogP contribution >= 0.6 is 0 Å². The van der Waals surface area contributed by atoms with Gasteiger partial charge in [-0.15, -0.1) is 0 Å². The fraction of sp³-hybridized carbons (Fsp3) is 1.00. The number of aliphatic hydroxyl groups excluding tert-OH is 2. The minimum absolute atomic E-state index is 0.0293. The Morgan fingerprint density at radius 2 is 0.867 bits per heavy atom. The predicted octanol–water partition coefficient (Wildman–Crippen LogP) is 2.43. The van der Waals surface area contributed by atoms with Crippen LogP contribution in [0, 0.1) is 0 Å². The summed E-state index contributed by atoms with van der Waals surface area (Å²) in [6.45, 7) is 16.6. The van der Waals surface area contributed by atoms with Crippen molar-refractivity contribution < 1.29 is 38.6 Å². The lowest BCUT2D eigenvalue weighted by Gasteiger charge is -2.19. The molecule has 0 amide bonds. The Morgan fingerprint density at radius 1 is 0.533 bits per heavy atom. The lowest BCUT2D eigenvalue weighted by atomic mass is 10.4. The highest BCUT2D eigenvalue weighted by Crippen LogP contribution is 2.00. The van der Waals surface area contributed by atoms with Gasteiger partial charge in [-0.25, -0.2) is 0 Å². The molecule has 0 radical (unpaired) electrons. The lowest BCUT2D eigenvalue weighted by molar-refractivity contribution is -0.0742. The molecule has 184 valence electrons. The molecule has 8 nitrogen and oxygen atoms in total. The first-order valence-corrected chi connectivity index (χ1v) is 11.0. The third-order valence-electron chi connectivity index (χ3n) is 3.98. The number of rotatable bonds is 18. The van der Waals surface area contributed by atoms with Crippen LogP contribution in [-0.2, 0) is 28.4 Å². The molecule has 0 aliphatic rings. The first kappa shape index (κ1) is 31.9. The molecular weight excluding hydrogens is 392 g/mol. The van der Waals surface area contributed by atoms with Gasteiger partial charge in [0.2, 0.25) is 0 Å². The predicted molar refractivity (Wildman–Crippen MR) is 118 cm³/mol.